The van der Waals surface area contributed by atoms with E-state index in [-0.39, 0.29) is 22.3 Å². The molecule has 1 saturated heterocycles. The number of thioether (sulfide) groups is 2. The summed E-state index contributed by atoms with van der Waals surface area (Å²) in [7, 11) is 1.25. The minimum absolute atomic E-state index is 0.198. The van der Waals surface area contributed by atoms with Gasteiger partial charge < -0.3 is 9.64 Å². The van der Waals surface area contributed by atoms with E-state index in [2.05, 4.69) is 0 Å². The van der Waals surface area contributed by atoms with Gasteiger partial charge >= 0.3 is 5.97 Å². The van der Waals surface area contributed by atoms with Gasteiger partial charge in [-0.05, 0) is 18.2 Å². The highest BCUT2D eigenvalue weighted by Gasteiger charge is 2.39. The lowest BCUT2D eigenvalue weighted by atomic mass is 10.1. The van der Waals surface area contributed by atoms with Crippen molar-refractivity contribution in [2.45, 2.75) is 24.6 Å². The normalized spacial score (nSPS) is 17.5. The van der Waals surface area contributed by atoms with E-state index in [1.807, 2.05) is 0 Å². The van der Waals surface area contributed by atoms with Crippen molar-refractivity contribution >= 4 is 69.5 Å². The smallest absolute Gasteiger partial charge is 0.329 e. The summed E-state index contributed by atoms with van der Waals surface area (Å²) in [6.45, 7) is 1.32. The molecule has 0 bridgehead atoms. The van der Waals surface area contributed by atoms with Crippen molar-refractivity contribution in [2.24, 2.45) is 0 Å². The number of ether oxygens (including phenoxy) is 1. The molecular formula is C17H17Cl2NO5S2. The fraction of sp³-hybridized carbons (Fsp3) is 0.412. The molecule has 2 atom stereocenters. The lowest BCUT2D eigenvalue weighted by Gasteiger charge is -2.25. The van der Waals surface area contributed by atoms with Crippen molar-refractivity contribution in [3.63, 3.8) is 0 Å². The van der Waals surface area contributed by atoms with Crippen molar-refractivity contribution in [1.82, 2.24) is 4.90 Å². The fourth-order valence-electron chi connectivity index (χ4n) is 2.51. The summed E-state index contributed by atoms with van der Waals surface area (Å²) < 4.78 is 4.74. The van der Waals surface area contributed by atoms with Crippen LogP contribution in [0, 0.1) is 0 Å². The van der Waals surface area contributed by atoms with E-state index >= 15 is 0 Å². The SMILES string of the molecule is COC(=O)[C@@H]1CSCN1C(=O)C(CC(=O)c1ccc(Cl)c(Cl)c1)SC(C)=O. The molecule has 0 radical (unpaired) electrons. The zero-order chi connectivity index (χ0) is 20.1. The molecule has 2 rings (SSSR count). The molecule has 1 unspecified atom stereocenters. The molecule has 1 aromatic rings. The number of methoxy groups -OCH3 is 1. The molecule has 1 aromatic carbocycles. The van der Waals surface area contributed by atoms with Gasteiger partial charge in [-0.2, -0.15) is 0 Å². The Labute approximate surface area is 175 Å². The monoisotopic (exact) mass is 449 g/mol. The van der Waals surface area contributed by atoms with Gasteiger partial charge in [0.1, 0.15) is 6.04 Å². The van der Waals surface area contributed by atoms with E-state index in [4.69, 9.17) is 27.9 Å². The van der Waals surface area contributed by atoms with Gasteiger partial charge in [0.2, 0.25) is 5.91 Å². The van der Waals surface area contributed by atoms with Gasteiger partial charge in [0.25, 0.3) is 0 Å². The predicted octanol–water partition coefficient (Wildman–Crippen LogP) is 3.29. The predicted molar refractivity (Wildman–Crippen MR) is 107 cm³/mol. The Morgan fingerprint density at radius 3 is 2.59 bits per heavy atom. The maximum absolute atomic E-state index is 12.9. The van der Waals surface area contributed by atoms with E-state index in [0.29, 0.717) is 22.2 Å². The summed E-state index contributed by atoms with van der Waals surface area (Å²) in [5.74, 6) is -0.590. The third-order valence-electron chi connectivity index (χ3n) is 3.83. The largest absolute Gasteiger partial charge is 0.467 e. The van der Waals surface area contributed by atoms with Crippen LogP contribution >= 0.6 is 46.7 Å². The van der Waals surface area contributed by atoms with Crippen LogP contribution in [0.4, 0.5) is 0 Å². The number of carbonyl (C=O) groups is 4. The number of carbonyl (C=O) groups excluding carboxylic acids is 4. The standard InChI is InChI=1S/C17H17Cl2NO5S2/c1-9(21)27-15(6-14(22)10-3-4-11(18)12(19)5-10)16(23)20-8-26-7-13(20)17(24)25-2/h3-5,13,15H,6-8H2,1-2H3/t13-,15?/m0/s1. The number of hydrogen-bond donors (Lipinski definition) is 0. The van der Waals surface area contributed by atoms with Gasteiger partial charge in [0.15, 0.2) is 10.9 Å². The van der Waals surface area contributed by atoms with Gasteiger partial charge in [0.05, 0.1) is 28.3 Å². The summed E-state index contributed by atoms with van der Waals surface area (Å²) in [5.41, 5.74) is 0.298. The lowest BCUT2D eigenvalue weighted by Crippen LogP contribution is -2.46. The second-order valence-electron chi connectivity index (χ2n) is 5.70. The number of nitrogens with zero attached hydrogens (tertiary/aromatic N) is 1. The molecule has 0 spiro atoms. The summed E-state index contributed by atoms with van der Waals surface area (Å²) >= 11 is 14.0. The molecule has 1 fully saturated rings. The van der Waals surface area contributed by atoms with E-state index in [9.17, 15) is 19.2 Å². The van der Waals surface area contributed by atoms with Crippen LogP contribution < -0.4 is 0 Å². The molecule has 6 nitrogen and oxygen atoms in total. The highest BCUT2D eigenvalue weighted by atomic mass is 35.5. The van der Waals surface area contributed by atoms with Gasteiger partial charge in [-0.3, -0.25) is 14.4 Å². The molecule has 1 heterocycles. The summed E-state index contributed by atoms with van der Waals surface area (Å²) in [4.78, 5) is 50.4. The first-order chi connectivity index (χ1) is 12.7. The molecule has 10 heteroatoms. The van der Waals surface area contributed by atoms with Crippen LogP contribution in [-0.2, 0) is 19.1 Å². The minimum atomic E-state index is -0.935. The number of esters is 1. The Hall–Kier alpha value is -1.22. The van der Waals surface area contributed by atoms with Gasteiger partial charge in [-0.25, -0.2) is 4.79 Å². The van der Waals surface area contributed by atoms with Gasteiger partial charge in [-0.15, -0.1) is 11.8 Å². The number of benzene rings is 1. The maximum Gasteiger partial charge on any atom is 0.329 e. The molecule has 0 aromatic heterocycles. The second kappa shape index (κ2) is 9.82. The van der Waals surface area contributed by atoms with Crippen molar-refractivity contribution in [3.8, 4) is 0 Å². The highest BCUT2D eigenvalue weighted by Crippen LogP contribution is 2.29. The van der Waals surface area contributed by atoms with E-state index < -0.39 is 23.2 Å². The Morgan fingerprint density at radius 1 is 1.30 bits per heavy atom. The van der Waals surface area contributed by atoms with E-state index in [1.165, 1.54) is 48.9 Å². The van der Waals surface area contributed by atoms with Crippen LogP contribution in [0.15, 0.2) is 18.2 Å². The number of rotatable bonds is 6. The fourth-order valence-corrected chi connectivity index (χ4v) is 4.83. The van der Waals surface area contributed by atoms with Crippen molar-refractivity contribution in [1.29, 1.82) is 0 Å². The first-order valence-electron chi connectivity index (χ1n) is 7.86. The first kappa shape index (κ1) is 22.1. The van der Waals surface area contributed by atoms with Crippen LogP contribution in [0.25, 0.3) is 0 Å². The van der Waals surface area contributed by atoms with Crippen molar-refractivity contribution in [3.05, 3.63) is 33.8 Å². The zero-order valence-corrected chi connectivity index (χ0v) is 17.7. The van der Waals surface area contributed by atoms with Gasteiger partial charge in [-0.1, -0.05) is 35.0 Å². The van der Waals surface area contributed by atoms with E-state index in [1.54, 1.807) is 0 Å². The van der Waals surface area contributed by atoms with Crippen molar-refractivity contribution in [2.75, 3.05) is 18.7 Å². The molecule has 0 N–H and O–H groups in total. The average molecular weight is 450 g/mol. The minimum Gasteiger partial charge on any atom is -0.467 e. The van der Waals surface area contributed by atoms with Gasteiger partial charge in [0, 0.05) is 24.7 Å². The Bertz CT molecular complexity index is 774. The summed E-state index contributed by atoms with van der Waals surface area (Å²) in [6.07, 6.45) is -0.198. The number of hydrogen-bond acceptors (Lipinski definition) is 7. The average Bonchev–Trinajstić information content (AvgIpc) is 3.11. The van der Waals surface area contributed by atoms with Crippen LogP contribution in [-0.4, -0.2) is 57.7 Å². The molecule has 1 aliphatic rings. The quantitative estimate of drug-likeness (QED) is 0.486. The first-order valence-corrected chi connectivity index (χ1v) is 10.6. The third kappa shape index (κ3) is 5.63. The summed E-state index contributed by atoms with van der Waals surface area (Å²) in [5, 5.41) is -0.688. The van der Waals surface area contributed by atoms with Crippen LogP contribution in [0.1, 0.15) is 23.7 Å². The molecular weight excluding hydrogens is 433 g/mol. The molecule has 146 valence electrons. The number of amides is 1. The van der Waals surface area contributed by atoms with Crippen LogP contribution in [0.3, 0.4) is 0 Å². The molecule has 1 aliphatic heterocycles. The third-order valence-corrected chi connectivity index (χ3v) is 6.57. The van der Waals surface area contributed by atoms with Crippen LogP contribution in [0.2, 0.25) is 10.0 Å². The topological polar surface area (TPSA) is 80.8 Å². The maximum atomic E-state index is 12.9. The second-order valence-corrected chi connectivity index (χ2v) is 8.89. The van der Waals surface area contributed by atoms with Crippen LogP contribution in [0.5, 0.6) is 0 Å². The Morgan fingerprint density at radius 2 is 2.00 bits per heavy atom. The molecule has 1 amide bonds. The Balaban J connectivity index is 2.19. The number of ketones is 1. The number of halogens is 2. The molecule has 0 saturated carbocycles. The highest BCUT2D eigenvalue weighted by molar-refractivity contribution is 8.14. The number of Topliss-reactive ketones (excluding diaryl/α,β-unsaturated/α-hetero) is 1. The summed E-state index contributed by atoms with van der Waals surface area (Å²) in [6, 6.07) is 3.72. The Kier molecular flexibility index (Phi) is 8.03. The molecule has 0 aliphatic carbocycles. The zero-order valence-electron chi connectivity index (χ0n) is 14.6. The van der Waals surface area contributed by atoms with E-state index in [0.717, 1.165) is 11.8 Å². The molecule has 27 heavy (non-hydrogen) atoms. The lowest BCUT2D eigenvalue weighted by molar-refractivity contribution is -0.150. The van der Waals surface area contributed by atoms with Crippen molar-refractivity contribution < 1.29 is 23.9 Å².